The van der Waals surface area contributed by atoms with Crippen LogP contribution in [0.5, 0.6) is 0 Å². The van der Waals surface area contributed by atoms with E-state index in [4.69, 9.17) is 0 Å². The predicted molar refractivity (Wildman–Crippen MR) is 102 cm³/mol. The molecule has 4 nitrogen and oxygen atoms in total. The van der Waals surface area contributed by atoms with Gasteiger partial charge in [-0.2, -0.15) is 0 Å². The first-order chi connectivity index (χ1) is 12.8. The quantitative estimate of drug-likeness (QED) is 0.762. The Morgan fingerprint density at radius 2 is 1.54 bits per heavy atom. The lowest BCUT2D eigenvalue weighted by Gasteiger charge is -2.42. The van der Waals surface area contributed by atoms with Crippen LogP contribution in [0, 0.1) is 0 Å². The average molecular weight is 343 g/mol. The average Bonchev–Trinajstić information content (AvgIpc) is 2.69. The molecular weight excluding hydrogens is 322 g/mol. The molecule has 1 heterocycles. The number of hydrogen-bond acceptors (Lipinski definition) is 3. The maximum atomic E-state index is 12.5. The van der Waals surface area contributed by atoms with E-state index in [-0.39, 0.29) is 11.3 Å². The van der Waals surface area contributed by atoms with Crippen molar-refractivity contribution < 1.29 is 4.79 Å². The van der Waals surface area contributed by atoms with Crippen LogP contribution < -0.4 is 5.32 Å². The summed E-state index contributed by atoms with van der Waals surface area (Å²) in [5, 5.41) is 3.08. The normalized spacial score (nSPS) is 15.1. The lowest BCUT2D eigenvalue weighted by molar-refractivity contribution is 0.0927. The van der Waals surface area contributed by atoms with Crippen LogP contribution in [0.1, 0.15) is 35.2 Å². The third-order valence-electron chi connectivity index (χ3n) is 5.23. The Hall–Kier alpha value is -3.01. The third-order valence-corrected chi connectivity index (χ3v) is 5.23. The summed E-state index contributed by atoms with van der Waals surface area (Å²) >= 11 is 0. The van der Waals surface area contributed by atoms with Crippen LogP contribution in [-0.4, -0.2) is 22.4 Å². The van der Waals surface area contributed by atoms with E-state index in [2.05, 4.69) is 39.6 Å². The molecule has 0 saturated heterocycles. The highest BCUT2D eigenvalue weighted by Crippen LogP contribution is 2.43. The molecule has 0 bridgehead atoms. The van der Waals surface area contributed by atoms with E-state index in [0.717, 1.165) is 18.4 Å². The Balaban J connectivity index is 1.44. The highest BCUT2D eigenvalue weighted by atomic mass is 16.1. The van der Waals surface area contributed by atoms with E-state index < -0.39 is 0 Å². The van der Waals surface area contributed by atoms with Crippen molar-refractivity contribution in [3.05, 3.63) is 84.2 Å². The topological polar surface area (TPSA) is 54.9 Å². The number of aromatic nitrogens is 2. The van der Waals surface area contributed by atoms with E-state index in [1.807, 2.05) is 36.4 Å². The molecule has 1 amide bonds. The van der Waals surface area contributed by atoms with Gasteiger partial charge >= 0.3 is 0 Å². The summed E-state index contributed by atoms with van der Waals surface area (Å²) in [5.74, 6) is 0.508. The number of hydrogen-bond donors (Lipinski definition) is 1. The zero-order chi connectivity index (χ0) is 17.8. The molecule has 1 N–H and O–H groups in total. The fourth-order valence-electron chi connectivity index (χ4n) is 3.50. The van der Waals surface area contributed by atoms with Crippen molar-refractivity contribution in [3.8, 4) is 11.4 Å². The summed E-state index contributed by atoms with van der Waals surface area (Å²) in [4.78, 5) is 21.2. The van der Waals surface area contributed by atoms with E-state index in [1.165, 1.54) is 12.0 Å². The number of nitrogens with zero attached hydrogens (tertiary/aromatic N) is 2. The molecular formula is C22H21N3O. The summed E-state index contributed by atoms with van der Waals surface area (Å²) in [7, 11) is 0. The molecule has 4 rings (SSSR count). The summed E-state index contributed by atoms with van der Waals surface area (Å²) < 4.78 is 0. The third kappa shape index (κ3) is 3.23. The SMILES string of the molecule is O=C(NCC1(c2ccccc2)CCC1)c1cnc(-c2ccccc2)nc1. The molecule has 0 spiro atoms. The summed E-state index contributed by atoms with van der Waals surface area (Å²) in [6.45, 7) is 0.649. The Morgan fingerprint density at radius 1 is 0.923 bits per heavy atom. The Labute approximate surface area is 153 Å². The standard InChI is InChI=1S/C22H21N3O/c26-21(18-14-23-20(24-15-18)17-8-3-1-4-9-17)25-16-22(12-7-13-22)19-10-5-2-6-11-19/h1-6,8-11,14-15H,7,12-13,16H2,(H,25,26). The molecule has 1 saturated carbocycles. The zero-order valence-electron chi connectivity index (χ0n) is 14.6. The Kier molecular flexibility index (Phi) is 4.48. The summed E-state index contributed by atoms with van der Waals surface area (Å²) in [5.41, 5.74) is 2.81. The van der Waals surface area contributed by atoms with Crippen molar-refractivity contribution in [1.29, 1.82) is 0 Å². The second-order valence-corrected chi connectivity index (χ2v) is 6.84. The molecule has 1 fully saturated rings. The fourth-order valence-corrected chi connectivity index (χ4v) is 3.50. The minimum atomic E-state index is -0.119. The number of amides is 1. The van der Waals surface area contributed by atoms with Gasteiger partial charge in [-0.05, 0) is 18.4 Å². The summed E-state index contributed by atoms with van der Waals surface area (Å²) in [6.07, 6.45) is 6.63. The first kappa shape index (κ1) is 16.5. The molecule has 0 unspecified atom stereocenters. The number of carbonyl (C=O) groups excluding carboxylic acids is 1. The van der Waals surface area contributed by atoms with Crippen molar-refractivity contribution in [1.82, 2.24) is 15.3 Å². The van der Waals surface area contributed by atoms with Crippen LogP contribution in [0.3, 0.4) is 0 Å². The first-order valence-electron chi connectivity index (χ1n) is 8.98. The van der Waals surface area contributed by atoms with Gasteiger partial charge in [0.1, 0.15) is 0 Å². The van der Waals surface area contributed by atoms with Gasteiger partial charge in [-0.15, -0.1) is 0 Å². The fraction of sp³-hybridized carbons (Fsp3) is 0.227. The second kappa shape index (κ2) is 7.08. The smallest absolute Gasteiger partial charge is 0.254 e. The second-order valence-electron chi connectivity index (χ2n) is 6.84. The van der Waals surface area contributed by atoms with Crippen LogP contribution in [0.2, 0.25) is 0 Å². The maximum Gasteiger partial charge on any atom is 0.254 e. The van der Waals surface area contributed by atoms with Gasteiger partial charge in [-0.1, -0.05) is 67.1 Å². The lowest BCUT2D eigenvalue weighted by Crippen LogP contribution is -2.45. The molecule has 4 heteroatoms. The minimum absolute atomic E-state index is 0.0712. The number of nitrogens with one attached hydrogen (secondary N) is 1. The van der Waals surface area contributed by atoms with Crippen LogP contribution in [0.15, 0.2) is 73.1 Å². The van der Waals surface area contributed by atoms with Crippen molar-refractivity contribution in [2.75, 3.05) is 6.54 Å². The predicted octanol–water partition coefficient (Wildman–Crippen LogP) is 4.00. The molecule has 0 radical (unpaired) electrons. The lowest BCUT2D eigenvalue weighted by atomic mass is 9.64. The van der Waals surface area contributed by atoms with Crippen LogP contribution >= 0.6 is 0 Å². The monoisotopic (exact) mass is 343 g/mol. The molecule has 0 atom stereocenters. The van der Waals surface area contributed by atoms with Gasteiger partial charge < -0.3 is 5.32 Å². The van der Waals surface area contributed by atoms with Crippen molar-refractivity contribution in [3.63, 3.8) is 0 Å². The van der Waals surface area contributed by atoms with Crippen LogP contribution in [-0.2, 0) is 5.41 Å². The first-order valence-corrected chi connectivity index (χ1v) is 8.98. The van der Waals surface area contributed by atoms with Gasteiger partial charge in [0.25, 0.3) is 5.91 Å². The maximum absolute atomic E-state index is 12.5. The minimum Gasteiger partial charge on any atom is -0.351 e. The molecule has 3 aromatic rings. The van der Waals surface area contributed by atoms with Gasteiger partial charge in [0.05, 0.1) is 5.56 Å². The molecule has 26 heavy (non-hydrogen) atoms. The van der Waals surface area contributed by atoms with E-state index in [9.17, 15) is 4.79 Å². The highest BCUT2D eigenvalue weighted by molar-refractivity contribution is 5.93. The number of rotatable bonds is 5. The molecule has 1 aromatic heterocycles. The van der Waals surface area contributed by atoms with Crippen LogP contribution in [0.25, 0.3) is 11.4 Å². The van der Waals surface area contributed by atoms with E-state index in [1.54, 1.807) is 12.4 Å². The summed E-state index contributed by atoms with van der Waals surface area (Å²) in [6, 6.07) is 20.2. The van der Waals surface area contributed by atoms with Gasteiger partial charge in [0, 0.05) is 29.9 Å². The largest absolute Gasteiger partial charge is 0.351 e. The zero-order valence-corrected chi connectivity index (χ0v) is 14.6. The Morgan fingerprint density at radius 3 is 2.12 bits per heavy atom. The van der Waals surface area contributed by atoms with Gasteiger partial charge in [-0.25, -0.2) is 9.97 Å². The number of benzene rings is 2. The molecule has 1 aliphatic rings. The van der Waals surface area contributed by atoms with Crippen LogP contribution in [0.4, 0.5) is 0 Å². The molecule has 130 valence electrons. The molecule has 2 aromatic carbocycles. The van der Waals surface area contributed by atoms with Crippen molar-refractivity contribution in [2.24, 2.45) is 0 Å². The highest BCUT2D eigenvalue weighted by Gasteiger charge is 2.38. The van der Waals surface area contributed by atoms with Crippen molar-refractivity contribution in [2.45, 2.75) is 24.7 Å². The van der Waals surface area contributed by atoms with Gasteiger partial charge in [0.2, 0.25) is 0 Å². The number of carbonyl (C=O) groups is 1. The van der Waals surface area contributed by atoms with Crippen molar-refractivity contribution >= 4 is 5.91 Å². The van der Waals surface area contributed by atoms with Gasteiger partial charge in [0.15, 0.2) is 5.82 Å². The Bertz CT molecular complexity index is 872. The van der Waals surface area contributed by atoms with Gasteiger partial charge in [-0.3, -0.25) is 4.79 Å². The molecule has 1 aliphatic carbocycles. The molecule has 0 aliphatic heterocycles. The van der Waals surface area contributed by atoms with E-state index >= 15 is 0 Å². The van der Waals surface area contributed by atoms with E-state index in [0.29, 0.717) is 17.9 Å².